The number of carbonyl (C=O) groups is 1. The van der Waals surface area contributed by atoms with Gasteiger partial charge in [0, 0.05) is 12.6 Å². The number of aromatic carboxylic acids is 1. The molecule has 1 heterocycles. The van der Waals surface area contributed by atoms with Gasteiger partial charge in [-0.05, 0) is 17.7 Å². The van der Waals surface area contributed by atoms with Crippen LogP contribution >= 0.6 is 0 Å². The van der Waals surface area contributed by atoms with Crippen LogP contribution in [0.1, 0.15) is 22.0 Å². The number of hydrogen-bond donors (Lipinski definition) is 3. The number of hydrogen-bond acceptors (Lipinski definition) is 3. The lowest BCUT2D eigenvalue weighted by Gasteiger charge is -2.01. The molecule has 0 radical (unpaired) electrons. The first-order chi connectivity index (χ1) is 6.18. The van der Waals surface area contributed by atoms with Crippen LogP contribution in [-0.2, 0) is 0 Å². The van der Waals surface area contributed by atoms with E-state index in [4.69, 9.17) is 5.11 Å². The Morgan fingerprint density at radius 3 is 2.77 bits per heavy atom. The van der Waals surface area contributed by atoms with Gasteiger partial charge in [-0.15, -0.1) is 0 Å². The molecule has 2 rings (SSSR count). The molecule has 13 heavy (non-hydrogen) atoms. The van der Waals surface area contributed by atoms with Crippen LogP contribution in [0, 0.1) is 0 Å². The van der Waals surface area contributed by atoms with E-state index in [9.17, 15) is 9.90 Å². The summed E-state index contributed by atoms with van der Waals surface area (Å²) in [4.78, 5) is 10.6. The molecule has 3 N–H and O–H groups in total. The maximum absolute atomic E-state index is 10.6. The molecule has 4 nitrogen and oxygen atoms in total. The minimum absolute atomic E-state index is 0.0359. The van der Waals surface area contributed by atoms with Crippen molar-refractivity contribution in [2.24, 2.45) is 0 Å². The highest BCUT2D eigenvalue weighted by atomic mass is 16.4. The van der Waals surface area contributed by atoms with Crippen molar-refractivity contribution in [3.8, 4) is 5.75 Å². The first-order valence-electron chi connectivity index (χ1n) is 3.98. The highest BCUT2D eigenvalue weighted by Gasteiger charge is 2.23. The average molecular weight is 179 g/mol. The van der Waals surface area contributed by atoms with Crippen molar-refractivity contribution in [1.29, 1.82) is 0 Å². The highest BCUT2D eigenvalue weighted by molar-refractivity contribution is 5.91. The van der Waals surface area contributed by atoms with Crippen molar-refractivity contribution < 1.29 is 15.0 Å². The second-order valence-corrected chi connectivity index (χ2v) is 3.04. The minimum atomic E-state index is -1.10. The molecule has 1 aromatic carbocycles. The van der Waals surface area contributed by atoms with Crippen molar-refractivity contribution >= 4 is 5.97 Å². The maximum atomic E-state index is 10.6. The van der Waals surface area contributed by atoms with Gasteiger partial charge in [0.2, 0.25) is 0 Å². The van der Waals surface area contributed by atoms with Gasteiger partial charge in [0.15, 0.2) is 0 Å². The van der Waals surface area contributed by atoms with E-state index in [-0.39, 0.29) is 17.4 Å². The van der Waals surface area contributed by atoms with E-state index in [0.717, 1.165) is 12.1 Å². The molecule has 0 unspecified atom stereocenters. The summed E-state index contributed by atoms with van der Waals surface area (Å²) in [6.07, 6.45) is 0. The number of nitrogens with one attached hydrogen (secondary N) is 1. The van der Waals surface area contributed by atoms with E-state index in [1.54, 1.807) is 6.07 Å². The molecule has 1 aliphatic heterocycles. The fourth-order valence-electron chi connectivity index (χ4n) is 1.24. The van der Waals surface area contributed by atoms with E-state index in [0.29, 0.717) is 0 Å². The van der Waals surface area contributed by atoms with Crippen LogP contribution in [0.2, 0.25) is 0 Å². The second kappa shape index (κ2) is 2.74. The predicted molar refractivity (Wildman–Crippen MR) is 45.8 cm³/mol. The van der Waals surface area contributed by atoms with Crippen molar-refractivity contribution in [3.63, 3.8) is 0 Å². The van der Waals surface area contributed by atoms with Crippen LogP contribution in [0.5, 0.6) is 5.75 Å². The summed E-state index contributed by atoms with van der Waals surface area (Å²) < 4.78 is 0. The zero-order valence-electron chi connectivity index (χ0n) is 6.82. The zero-order chi connectivity index (χ0) is 9.42. The van der Waals surface area contributed by atoms with Crippen molar-refractivity contribution in [2.75, 3.05) is 6.54 Å². The molecule has 0 spiro atoms. The van der Waals surface area contributed by atoms with Crippen molar-refractivity contribution in [3.05, 3.63) is 29.3 Å². The standard InChI is InChI=1S/C9H9NO3/c11-8-2-1-5(7-4-10-7)3-6(8)9(12)13/h1-3,7,10-11H,4H2,(H,12,13)/t7-/m0/s1. The SMILES string of the molecule is O=C(O)c1cc([C@@H]2CN2)ccc1O. The average Bonchev–Trinajstić information content (AvgIpc) is 2.87. The lowest BCUT2D eigenvalue weighted by Crippen LogP contribution is -1.98. The Kier molecular flexibility index (Phi) is 1.70. The Morgan fingerprint density at radius 2 is 2.23 bits per heavy atom. The van der Waals surface area contributed by atoms with Gasteiger partial charge in [0.25, 0.3) is 0 Å². The number of carboxylic acid groups (broad SMARTS) is 1. The number of benzene rings is 1. The molecule has 1 fully saturated rings. The fraction of sp³-hybridized carbons (Fsp3) is 0.222. The van der Waals surface area contributed by atoms with Gasteiger partial charge in [-0.1, -0.05) is 6.07 Å². The van der Waals surface area contributed by atoms with Crippen LogP contribution in [0.3, 0.4) is 0 Å². The quantitative estimate of drug-likeness (QED) is 0.585. The van der Waals surface area contributed by atoms with Gasteiger partial charge in [0.05, 0.1) is 0 Å². The third-order valence-corrected chi connectivity index (χ3v) is 2.06. The molecule has 1 aromatic rings. The third-order valence-electron chi connectivity index (χ3n) is 2.06. The summed E-state index contributed by atoms with van der Waals surface area (Å²) >= 11 is 0. The topological polar surface area (TPSA) is 79.5 Å². The lowest BCUT2D eigenvalue weighted by atomic mass is 10.1. The van der Waals surface area contributed by atoms with Crippen LogP contribution in [0.15, 0.2) is 18.2 Å². The Balaban J connectivity index is 2.41. The second-order valence-electron chi connectivity index (χ2n) is 3.04. The third kappa shape index (κ3) is 1.48. The van der Waals surface area contributed by atoms with Gasteiger partial charge < -0.3 is 15.5 Å². The van der Waals surface area contributed by atoms with Crippen molar-refractivity contribution in [2.45, 2.75) is 6.04 Å². The summed E-state index contributed by atoms with van der Waals surface area (Å²) in [5.74, 6) is -1.28. The number of phenols is 1. The first-order valence-corrected chi connectivity index (χ1v) is 3.98. The summed E-state index contributed by atoms with van der Waals surface area (Å²) in [6, 6.07) is 4.91. The largest absolute Gasteiger partial charge is 0.507 e. The van der Waals surface area contributed by atoms with Gasteiger partial charge >= 0.3 is 5.97 Å². The summed E-state index contributed by atoms with van der Waals surface area (Å²) in [7, 11) is 0. The molecule has 0 saturated carbocycles. The van der Waals surface area contributed by atoms with Crippen LogP contribution in [-0.4, -0.2) is 22.7 Å². The maximum Gasteiger partial charge on any atom is 0.339 e. The molecule has 0 amide bonds. The molecule has 68 valence electrons. The van der Waals surface area contributed by atoms with Crippen LogP contribution in [0.4, 0.5) is 0 Å². The lowest BCUT2D eigenvalue weighted by molar-refractivity contribution is 0.0693. The molecule has 0 aliphatic carbocycles. The fourth-order valence-corrected chi connectivity index (χ4v) is 1.24. The first kappa shape index (κ1) is 8.07. The van der Waals surface area contributed by atoms with E-state index in [1.807, 2.05) is 0 Å². The van der Waals surface area contributed by atoms with E-state index < -0.39 is 5.97 Å². The molecular formula is C9H9NO3. The van der Waals surface area contributed by atoms with E-state index >= 15 is 0 Å². The Hall–Kier alpha value is -1.55. The molecule has 1 saturated heterocycles. The smallest absolute Gasteiger partial charge is 0.339 e. The zero-order valence-corrected chi connectivity index (χ0v) is 6.82. The normalized spacial score (nSPS) is 19.8. The number of aromatic hydroxyl groups is 1. The van der Waals surface area contributed by atoms with E-state index in [1.165, 1.54) is 12.1 Å². The van der Waals surface area contributed by atoms with Gasteiger partial charge in [-0.2, -0.15) is 0 Å². The molecular weight excluding hydrogens is 170 g/mol. The van der Waals surface area contributed by atoms with Crippen LogP contribution in [0.25, 0.3) is 0 Å². The Morgan fingerprint density at radius 1 is 1.54 bits per heavy atom. The van der Waals surface area contributed by atoms with Gasteiger partial charge in [0.1, 0.15) is 11.3 Å². The number of carboxylic acids is 1. The molecule has 4 heteroatoms. The molecule has 1 atom stereocenters. The Bertz CT molecular complexity index is 358. The summed E-state index contributed by atoms with van der Waals surface area (Å²) in [5, 5.41) is 21.0. The van der Waals surface area contributed by atoms with Gasteiger partial charge in [-0.3, -0.25) is 0 Å². The van der Waals surface area contributed by atoms with E-state index in [2.05, 4.69) is 5.32 Å². The monoisotopic (exact) mass is 179 g/mol. The highest BCUT2D eigenvalue weighted by Crippen LogP contribution is 2.26. The number of rotatable bonds is 2. The summed E-state index contributed by atoms with van der Waals surface area (Å²) in [6.45, 7) is 0.879. The van der Waals surface area contributed by atoms with Gasteiger partial charge in [-0.25, -0.2) is 4.79 Å². The Labute approximate surface area is 74.8 Å². The molecule has 0 bridgehead atoms. The molecule has 0 aromatic heterocycles. The minimum Gasteiger partial charge on any atom is -0.507 e. The molecule has 1 aliphatic rings. The van der Waals surface area contributed by atoms with Crippen LogP contribution < -0.4 is 5.32 Å². The summed E-state index contributed by atoms with van der Waals surface area (Å²) in [5.41, 5.74) is 0.876. The predicted octanol–water partition coefficient (Wildman–Crippen LogP) is 0.735. The van der Waals surface area contributed by atoms with Crippen molar-refractivity contribution in [1.82, 2.24) is 5.32 Å².